The number of hydrogen-bond acceptors (Lipinski definition) is 4. The van der Waals surface area contributed by atoms with Gasteiger partial charge in [-0.05, 0) is 19.1 Å². The van der Waals surface area contributed by atoms with Gasteiger partial charge in [-0.25, -0.2) is 14.1 Å². The minimum Gasteiger partial charge on any atom is -0.481 e. The smallest absolute Gasteiger partial charge is 0.313 e. The summed E-state index contributed by atoms with van der Waals surface area (Å²) in [6.07, 6.45) is 0. The molecule has 7 heteroatoms. The number of carboxylic acid groups (broad SMARTS) is 1. The third kappa shape index (κ3) is 3.11. The fourth-order valence-corrected chi connectivity index (χ4v) is 2.18. The molecule has 0 saturated carbocycles. The van der Waals surface area contributed by atoms with Crippen LogP contribution in [0.2, 0.25) is 0 Å². The number of halogens is 1. The van der Waals surface area contributed by atoms with E-state index in [1.165, 1.54) is 10.7 Å². The number of benzene rings is 1. The van der Waals surface area contributed by atoms with Gasteiger partial charge in [-0.3, -0.25) is 4.79 Å². The van der Waals surface area contributed by atoms with Crippen molar-refractivity contribution in [1.29, 1.82) is 0 Å². The lowest BCUT2D eigenvalue weighted by atomic mass is 10.1. The average Bonchev–Trinajstić information content (AvgIpc) is 2.71. The Hall–Kier alpha value is -1.89. The Kier molecular flexibility index (Phi) is 3.84. The number of hydrogen-bond donors (Lipinski definition) is 1. The molecule has 0 atom stereocenters. The largest absolute Gasteiger partial charge is 0.481 e. The van der Waals surface area contributed by atoms with Crippen LogP contribution in [0.15, 0.2) is 23.4 Å². The quantitative estimate of drug-likeness (QED) is 0.869. The molecule has 1 aromatic heterocycles. The standard InChI is InChI=1S/C12H12FN3O2S/c1-7-3-4-9(13)8(5-7)11-14-12(16(2)15-11)19-6-10(17)18/h3-5H,6H2,1-2H3,(H,17,18). The molecule has 0 fully saturated rings. The minimum absolute atomic E-state index is 0.109. The summed E-state index contributed by atoms with van der Waals surface area (Å²) in [5, 5.41) is 13.2. The number of aryl methyl sites for hydroxylation is 2. The van der Waals surface area contributed by atoms with Gasteiger partial charge in [-0.15, -0.1) is 0 Å². The van der Waals surface area contributed by atoms with Gasteiger partial charge >= 0.3 is 5.97 Å². The molecule has 0 aliphatic carbocycles. The molecular formula is C12H12FN3O2S. The van der Waals surface area contributed by atoms with Crippen molar-refractivity contribution < 1.29 is 14.3 Å². The maximum absolute atomic E-state index is 13.7. The maximum Gasteiger partial charge on any atom is 0.313 e. The van der Waals surface area contributed by atoms with Crippen LogP contribution in [0.5, 0.6) is 0 Å². The number of thioether (sulfide) groups is 1. The number of nitrogens with zero attached hydrogens (tertiary/aromatic N) is 3. The van der Waals surface area contributed by atoms with Gasteiger partial charge in [0.05, 0.1) is 11.3 Å². The summed E-state index contributed by atoms with van der Waals surface area (Å²) < 4.78 is 15.2. The molecule has 0 radical (unpaired) electrons. The highest BCUT2D eigenvalue weighted by Gasteiger charge is 2.14. The summed E-state index contributed by atoms with van der Waals surface area (Å²) >= 11 is 1.05. The summed E-state index contributed by atoms with van der Waals surface area (Å²) in [6, 6.07) is 4.70. The van der Waals surface area contributed by atoms with Crippen LogP contribution < -0.4 is 0 Å². The summed E-state index contributed by atoms with van der Waals surface area (Å²) in [4.78, 5) is 14.7. The first kappa shape index (κ1) is 13.5. The number of aromatic nitrogens is 3. The first-order valence-corrected chi connectivity index (χ1v) is 6.48. The molecular weight excluding hydrogens is 269 g/mol. The molecule has 1 aromatic carbocycles. The highest BCUT2D eigenvalue weighted by molar-refractivity contribution is 7.99. The molecule has 1 N–H and O–H groups in total. The summed E-state index contributed by atoms with van der Waals surface area (Å²) in [7, 11) is 1.65. The van der Waals surface area contributed by atoms with Gasteiger partial charge in [-0.2, -0.15) is 5.10 Å². The molecule has 0 aliphatic heterocycles. The zero-order chi connectivity index (χ0) is 14.0. The number of aliphatic carboxylic acids is 1. The van der Waals surface area contributed by atoms with Crippen LogP contribution in [0, 0.1) is 12.7 Å². The number of carbonyl (C=O) groups is 1. The summed E-state index contributed by atoms with van der Waals surface area (Å²) in [6.45, 7) is 1.85. The van der Waals surface area contributed by atoms with Crippen molar-refractivity contribution >= 4 is 17.7 Å². The first-order chi connectivity index (χ1) is 8.97. The van der Waals surface area contributed by atoms with Gasteiger partial charge in [0.25, 0.3) is 0 Å². The van der Waals surface area contributed by atoms with E-state index >= 15 is 0 Å². The zero-order valence-electron chi connectivity index (χ0n) is 10.4. The van der Waals surface area contributed by atoms with E-state index in [2.05, 4.69) is 10.1 Å². The van der Waals surface area contributed by atoms with Crippen molar-refractivity contribution in [3.05, 3.63) is 29.6 Å². The molecule has 2 rings (SSSR count). The van der Waals surface area contributed by atoms with E-state index in [-0.39, 0.29) is 11.6 Å². The highest BCUT2D eigenvalue weighted by Crippen LogP contribution is 2.24. The van der Waals surface area contributed by atoms with Crippen LogP contribution in [-0.2, 0) is 11.8 Å². The lowest BCUT2D eigenvalue weighted by Gasteiger charge is -1.99. The van der Waals surface area contributed by atoms with Crippen molar-refractivity contribution in [2.45, 2.75) is 12.1 Å². The number of carboxylic acids is 1. The number of rotatable bonds is 4. The molecule has 0 aliphatic rings. The van der Waals surface area contributed by atoms with Crippen molar-refractivity contribution in [1.82, 2.24) is 14.8 Å². The maximum atomic E-state index is 13.7. The van der Waals surface area contributed by atoms with Crippen molar-refractivity contribution in [2.75, 3.05) is 5.75 Å². The van der Waals surface area contributed by atoms with Crippen LogP contribution >= 0.6 is 11.8 Å². The van der Waals surface area contributed by atoms with Gasteiger partial charge in [-0.1, -0.05) is 23.4 Å². The molecule has 0 saturated heterocycles. The van der Waals surface area contributed by atoms with E-state index in [0.29, 0.717) is 10.7 Å². The molecule has 5 nitrogen and oxygen atoms in total. The minimum atomic E-state index is -0.934. The van der Waals surface area contributed by atoms with Crippen molar-refractivity contribution in [2.24, 2.45) is 7.05 Å². The molecule has 0 amide bonds. The average molecular weight is 281 g/mol. The highest BCUT2D eigenvalue weighted by atomic mass is 32.2. The van der Waals surface area contributed by atoms with E-state index in [0.717, 1.165) is 17.3 Å². The Morgan fingerprint density at radius 3 is 2.95 bits per heavy atom. The van der Waals surface area contributed by atoms with Gasteiger partial charge < -0.3 is 5.11 Å². The second kappa shape index (κ2) is 5.40. The molecule has 0 unspecified atom stereocenters. The second-order valence-corrected chi connectivity index (χ2v) is 4.95. The molecule has 2 aromatic rings. The lowest BCUT2D eigenvalue weighted by Crippen LogP contribution is -2.00. The molecule has 100 valence electrons. The first-order valence-electron chi connectivity index (χ1n) is 5.49. The second-order valence-electron chi connectivity index (χ2n) is 4.01. The third-order valence-electron chi connectivity index (χ3n) is 2.41. The van der Waals surface area contributed by atoms with E-state index in [1.54, 1.807) is 19.2 Å². The normalized spacial score (nSPS) is 10.7. The lowest BCUT2D eigenvalue weighted by molar-refractivity contribution is -0.133. The van der Waals surface area contributed by atoms with Crippen molar-refractivity contribution in [3.8, 4) is 11.4 Å². The molecule has 19 heavy (non-hydrogen) atoms. The van der Waals surface area contributed by atoms with E-state index in [4.69, 9.17) is 5.11 Å². The molecule has 1 heterocycles. The van der Waals surface area contributed by atoms with Gasteiger partial charge in [0, 0.05) is 7.05 Å². The fourth-order valence-electron chi connectivity index (χ4n) is 1.55. The SMILES string of the molecule is Cc1ccc(F)c(-c2nc(SCC(=O)O)n(C)n2)c1. The Balaban J connectivity index is 2.33. The van der Waals surface area contributed by atoms with Crippen LogP contribution in [0.1, 0.15) is 5.56 Å². The predicted molar refractivity (Wildman–Crippen MR) is 69.5 cm³/mol. The van der Waals surface area contributed by atoms with Crippen LogP contribution in [0.25, 0.3) is 11.4 Å². The predicted octanol–water partition coefficient (Wildman–Crippen LogP) is 2.11. The Morgan fingerprint density at radius 1 is 1.53 bits per heavy atom. The Morgan fingerprint density at radius 2 is 2.26 bits per heavy atom. The van der Waals surface area contributed by atoms with Gasteiger partial charge in [0.15, 0.2) is 11.0 Å². The molecule has 0 spiro atoms. The monoisotopic (exact) mass is 281 g/mol. The summed E-state index contributed by atoms with van der Waals surface area (Å²) in [5.41, 5.74) is 1.22. The third-order valence-corrected chi connectivity index (χ3v) is 3.42. The summed E-state index contributed by atoms with van der Waals surface area (Å²) in [5.74, 6) is -1.18. The van der Waals surface area contributed by atoms with E-state index in [1.807, 2.05) is 6.92 Å². The fraction of sp³-hybridized carbons (Fsp3) is 0.250. The topological polar surface area (TPSA) is 68.0 Å². The van der Waals surface area contributed by atoms with Gasteiger partial charge in [0.2, 0.25) is 0 Å². The Labute approximate surface area is 113 Å². The van der Waals surface area contributed by atoms with Gasteiger partial charge in [0.1, 0.15) is 5.82 Å². The van der Waals surface area contributed by atoms with Crippen LogP contribution in [0.4, 0.5) is 4.39 Å². The zero-order valence-corrected chi connectivity index (χ0v) is 11.2. The van der Waals surface area contributed by atoms with Crippen LogP contribution in [0.3, 0.4) is 0 Å². The van der Waals surface area contributed by atoms with Crippen molar-refractivity contribution in [3.63, 3.8) is 0 Å². The van der Waals surface area contributed by atoms with E-state index < -0.39 is 11.8 Å². The van der Waals surface area contributed by atoms with Crippen LogP contribution in [-0.4, -0.2) is 31.6 Å². The van der Waals surface area contributed by atoms with E-state index in [9.17, 15) is 9.18 Å². The Bertz CT molecular complexity index is 627. The molecule has 0 bridgehead atoms.